The smallest absolute Gasteiger partial charge is 0.0897 e. The summed E-state index contributed by atoms with van der Waals surface area (Å²) in [6.45, 7) is 4.85. The number of rotatable bonds is 5. The van der Waals surface area contributed by atoms with Crippen molar-refractivity contribution in [2.45, 2.75) is 39.3 Å². The van der Waals surface area contributed by atoms with Crippen LogP contribution in [0.2, 0.25) is 0 Å². The number of hydrogen-bond donors (Lipinski definition) is 1. The molecule has 4 heteroatoms. The van der Waals surface area contributed by atoms with Gasteiger partial charge in [0.15, 0.2) is 0 Å². The molecule has 1 rings (SSSR count). The summed E-state index contributed by atoms with van der Waals surface area (Å²) >= 11 is 1.66. The van der Waals surface area contributed by atoms with Crippen LogP contribution < -0.4 is 5.32 Å². The molecule has 1 N–H and O–H groups in total. The highest BCUT2D eigenvalue weighted by atomic mass is 32.1. The number of thiazole rings is 1. The second-order valence-corrected chi connectivity index (χ2v) is 4.27. The summed E-state index contributed by atoms with van der Waals surface area (Å²) in [6.07, 6.45) is 1.55. The predicted molar refractivity (Wildman–Crippen MR) is 58.0 cm³/mol. The van der Waals surface area contributed by atoms with Gasteiger partial charge >= 0.3 is 0 Å². The summed E-state index contributed by atoms with van der Waals surface area (Å²) in [5.74, 6) is 0. The summed E-state index contributed by atoms with van der Waals surface area (Å²) in [4.78, 5) is 4.35. The van der Waals surface area contributed by atoms with Gasteiger partial charge in [-0.15, -0.1) is 11.3 Å². The van der Waals surface area contributed by atoms with Crippen LogP contribution in [-0.2, 0) is 6.54 Å². The van der Waals surface area contributed by atoms with Crippen LogP contribution in [0.15, 0.2) is 5.38 Å². The molecular formula is C10H15N3S. The number of nitrogens with zero attached hydrogens (tertiary/aromatic N) is 2. The molecule has 3 nitrogen and oxygen atoms in total. The Balaban J connectivity index is 2.36. The summed E-state index contributed by atoms with van der Waals surface area (Å²) in [5.41, 5.74) is 1.07. The van der Waals surface area contributed by atoms with Crippen molar-refractivity contribution in [2.75, 3.05) is 0 Å². The minimum absolute atomic E-state index is 0.294. The Morgan fingerprint density at radius 3 is 3.00 bits per heavy atom. The Hall–Kier alpha value is -0.920. The minimum Gasteiger partial charge on any atom is -0.307 e. The molecule has 0 spiro atoms. The summed E-state index contributed by atoms with van der Waals surface area (Å²) in [5, 5.41) is 15.0. The van der Waals surface area contributed by atoms with Crippen molar-refractivity contribution >= 4 is 11.3 Å². The van der Waals surface area contributed by atoms with Gasteiger partial charge in [-0.1, -0.05) is 6.92 Å². The van der Waals surface area contributed by atoms with Crippen LogP contribution in [0.25, 0.3) is 0 Å². The highest BCUT2D eigenvalue weighted by molar-refractivity contribution is 7.09. The van der Waals surface area contributed by atoms with Crippen LogP contribution in [-0.4, -0.2) is 11.0 Å². The third kappa shape index (κ3) is 3.44. The fourth-order valence-electron chi connectivity index (χ4n) is 1.21. The van der Waals surface area contributed by atoms with E-state index in [1.54, 1.807) is 11.3 Å². The minimum atomic E-state index is 0.294. The van der Waals surface area contributed by atoms with Crippen molar-refractivity contribution in [3.05, 3.63) is 16.1 Å². The topological polar surface area (TPSA) is 48.7 Å². The fourth-order valence-corrected chi connectivity index (χ4v) is 1.82. The first-order chi connectivity index (χ1) is 6.76. The largest absolute Gasteiger partial charge is 0.307 e. The maximum absolute atomic E-state index is 8.57. The molecule has 1 aromatic heterocycles. The lowest BCUT2D eigenvalue weighted by Gasteiger charge is -2.11. The summed E-state index contributed by atoms with van der Waals surface area (Å²) in [6, 6.07) is 2.47. The lowest BCUT2D eigenvalue weighted by molar-refractivity contribution is 0.501. The quantitative estimate of drug-likeness (QED) is 0.809. The van der Waals surface area contributed by atoms with Gasteiger partial charge in [0.2, 0.25) is 0 Å². The second-order valence-electron chi connectivity index (χ2n) is 3.21. The van der Waals surface area contributed by atoms with E-state index in [0.717, 1.165) is 23.7 Å². The van der Waals surface area contributed by atoms with Gasteiger partial charge < -0.3 is 5.32 Å². The molecule has 1 unspecified atom stereocenters. The molecule has 1 aromatic rings. The highest BCUT2D eigenvalue weighted by Crippen LogP contribution is 2.08. The molecule has 0 aliphatic heterocycles. The average Bonchev–Trinajstić information content (AvgIpc) is 2.59. The Morgan fingerprint density at radius 2 is 2.50 bits per heavy atom. The van der Waals surface area contributed by atoms with Gasteiger partial charge in [-0.3, -0.25) is 0 Å². The van der Waals surface area contributed by atoms with E-state index >= 15 is 0 Å². The lowest BCUT2D eigenvalue weighted by atomic mass is 10.1. The molecule has 0 saturated carbocycles. The van der Waals surface area contributed by atoms with Crippen molar-refractivity contribution in [3.63, 3.8) is 0 Å². The van der Waals surface area contributed by atoms with Gasteiger partial charge in [0.25, 0.3) is 0 Å². The molecule has 0 amide bonds. The fraction of sp³-hybridized carbons (Fsp3) is 0.600. The van der Waals surface area contributed by atoms with E-state index in [4.69, 9.17) is 5.26 Å². The van der Waals surface area contributed by atoms with Crippen LogP contribution in [0.5, 0.6) is 0 Å². The molecular weight excluding hydrogens is 194 g/mol. The highest BCUT2D eigenvalue weighted by Gasteiger charge is 2.05. The van der Waals surface area contributed by atoms with E-state index in [1.807, 2.05) is 6.92 Å². The summed E-state index contributed by atoms with van der Waals surface area (Å²) in [7, 11) is 0. The first-order valence-corrected chi connectivity index (χ1v) is 5.65. The van der Waals surface area contributed by atoms with Gasteiger partial charge in [-0.05, 0) is 13.3 Å². The zero-order chi connectivity index (χ0) is 10.4. The van der Waals surface area contributed by atoms with Crippen molar-refractivity contribution in [3.8, 4) is 6.07 Å². The van der Waals surface area contributed by atoms with Gasteiger partial charge in [-0.2, -0.15) is 5.26 Å². The molecule has 0 aliphatic rings. The van der Waals surface area contributed by atoms with Gasteiger partial charge in [0, 0.05) is 18.0 Å². The first kappa shape index (κ1) is 11.2. The molecule has 1 atom stereocenters. The molecule has 0 bridgehead atoms. The molecule has 0 aromatic carbocycles. The molecule has 0 saturated heterocycles. The van der Waals surface area contributed by atoms with Crippen LogP contribution in [0.4, 0.5) is 0 Å². The number of nitriles is 1. The van der Waals surface area contributed by atoms with E-state index in [2.05, 4.69) is 28.7 Å². The Bertz CT molecular complexity index is 313. The zero-order valence-electron chi connectivity index (χ0n) is 8.58. The molecule has 76 valence electrons. The molecule has 0 radical (unpaired) electrons. The molecule has 0 aliphatic carbocycles. The van der Waals surface area contributed by atoms with Gasteiger partial charge in [-0.25, -0.2) is 4.98 Å². The summed E-state index contributed by atoms with van der Waals surface area (Å²) < 4.78 is 0. The van der Waals surface area contributed by atoms with E-state index in [-0.39, 0.29) is 0 Å². The van der Waals surface area contributed by atoms with Crippen molar-refractivity contribution < 1.29 is 0 Å². The number of hydrogen-bond acceptors (Lipinski definition) is 4. The van der Waals surface area contributed by atoms with Gasteiger partial charge in [0.05, 0.1) is 23.2 Å². The van der Waals surface area contributed by atoms with Crippen molar-refractivity contribution in [2.24, 2.45) is 0 Å². The monoisotopic (exact) mass is 209 g/mol. The lowest BCUT2D eigenvalue weighted by Crippen LogP contribution is -2.27. The maximum atomic E-state index is 8.57. The predicted octanol–water partition coefficient (Wildman–Crippen LogP) is 2.23. The van der Waals surface area contributed by atoms with Crippen LogP contribution in [0.3, 0.4) is 0 Å². The Labute approximate surface area is 88.8 Å². The SMILES string of the molecule is CCC(CC#N)NCc1csc(C)n1. The van der Waals surface area contributed by atoms with E-state index in [0.29, 0.717) is 12.5 Å². The Morgan fingerprint density at radius 1 is 1.71 bits per heavy atom. The average molecular weight is 209 g/mol. The van der Waals surface area contributed by atoms with E-state index < -0.39 is 0 Å². The van der Waals surface area contributed by atoms with Crippen LogP contribution in [0.1, 0.15) is 30.5 Å². The second kappa shape index (κ2) is 5.74. The van der Waals surface area contributed by atoms with Gasteiger partial charge in [0.1, 0.15) is 0 Å². The maximum Gasteiger partial charge on any atom is 0.0897 e. The molecule has 14 heavy (non-hydrogen) atoms. The van der Waals surface area contributed by atoms with E-state index in [9.17, 15) is 0 Å². The van der Waals surface area contributed by atoms with Crippen LogP contribution in [0, 0.1) is 18.3 Å². The third-order valence-electron chi connectivity index (χ3n) is 2.07. The number of aromatic nitrogens is 1. The zero-order valence-corrected chi connectivity index (χ0v) is 9.40. The third-order valence-corrected chi connectivity index (χ3v) is 2.89. The number of aryl methyl sites for hydroxylation is 1. The molecule has 0 fully saturated rings. The molecule has 1 heterocycles. The Kier molecular flexibility index (Phi) is 4.57. The normalized spacial score (nSPS) is 12.4. The van der Waals surface area contributed by atoms with Crippen molar-refractivity contribution in [1.29, 1.82) is 5.26 Å². The van der Waals surface area contributed by atoms with E-state index in [1.165, 1.54) is 0 Å². The number of nitrogens with one attached hydrogen (secondary N) is 1. The first-order valence-electron chi connectivity index (χ1n) is 4.77. The van der Waals surface area contributed by atoms with Crippen molar-refractivity contribution in [1.82, 2.24) is 10.3 Å². The van der Waals surface area contributed by atoms with Crippen LogP contribution >= 0.6 is 11.3 Å². The standard InChI is InChI=1S/C10H15N3S/c1-3-9(4-5-11)12-6-10-7-14-8(2)13-10/h7,9,12H,3-4,6H2,1-2H3.